The fourth-order valence-corrected chi connectivity index (χ4v) is 2.26. The fourth-order valence-electron chi connectivity index (χ4n) is 2.26. The molecule has 0 aromatic heterocycles. The number of benzene rings is 2. The van der Waals surface area contributed by atoms with E-state index >= 15 is 0 Å². The summed E-state index contributed by atoms with van der Waals surface area (Å²) in [5.74, 6) is 0. The predicted molar refractivity (Wildman–Crippen MR) is 93.3 cm³/mol. The fraction of sp³-hybridized carbons (Fsp3) is 0.222. The predicted octanol–water partition coefficient (Wildman–Crippen LogP) is 2.86. The van der Waals surface area contributed by atoms with Gasteiger partial charge in [-0.2, -0.15) is 0 Å². The molecule has 2 aromatic rings. The monoisotopic (exact) mass is 327 g/mol. The molecular weight excluding hydrogens is 306 g/mol. The number of nitrogens with one attached hydrogen (secondary N) is 3. The Morgan fingerprint density at radius 2 is 1.50 bits per heavy atom. The minimum absolute atomic E-state index is 0.258. The number of hydrogen-bond acceptors (Lipinski definition) is 2. The maximum absolute atomic E-state index is 11.9. The van der Waals surface area contributed by atoms with Gasteiger partial charge in [0.1, 0.15) is 0 Å². The molecule has 3 amide bonds. The summed E-state index contributed by atoms with van der Waals surface area (Å²) in [6.45, 7) is 0.889. The van der Waals surface area contributed by atoms with Gasteiger partial charge in [-0.1, -0.05) is 42.5 Å². The summed E-state index contributed by atoms with van der Waals surface area (Å²) in [6, 6.07) is 17.0. The molecule has 0 unspecified atom stereocenters. The average Bonchev–Trinajstić information content (AvgIpc) is 2.56. The Bertz CT molecular complexity index is 674. The number of hydrogen-bond donors (Lipinski definition) is 4. The lowest BCUT2D eigenvalue weighted by molar-refractivity contribution is 0.194. The first-order valence-electron chi connectivity index (χ1n) is 7.78. The van der Waals surface area contributed by atoms with Crippen LogP contribution in [-0.2, 0) is 12.8 Å². The van der Waals surface area contributed by atoms with Crippen LogP contribution in [0, 0.1) is 0 Å². The summed E-state index contributed by atoms with van der Waals surface area (Å²) in [7, 11) is 0. The molecule has 2 aromatic carbocycles. The van der Waals surface area contributed by atoms with Gasteiger partial charge in [-0.25, -0.2) is 9.59 Å². The highest BCUT2D eigenvalue weighted by Crippen LogP contribution is 2.11. The molecule has 0 saturated heterocycles. The van der Waals surface area contributed by atoms with Gasteiger partial charge >= 0.3 is 12.1 Å². The number of carbonyl (C=O) groups is 2. The highest BCUT2D eigenvalue weighted by atomic mass is 16.4. The summed E-state index contributed by atoms with van der Waals surface area (Å²) >= 11 is 0. The topological polar surface area (TPSA) is 90.5 Å². The summed E-state index contributed by atoms with van der Waals surface area (Å²) in [5.41, 5.74) is 2.80. The second-order valence-corrected chi connectivity index (χ2v) is 5.30. The highest BCUT2D eigenvalue weighted by Gasteiger charge is 2.03. The summed E-state index contributed by atoms with van der Waals surface area (Å²) < 4.78 is 0. The lowest BCUT2D eigenvalue weighted by Crippen LogP contribution is -2.30. The molecule has 0 bridgehead atoms. The number of anilines is 1. The Labute approximate surface area is 140 Å². The van der Waals surface area contributed by atoms with E-state index in [1.54, 1.807) is 6.07 Å². The smallest absolute Gasteiger partial charge is 0.404 e. The van der Waals surface area contributed by atoms with Crippen molar-refractivity contribution in [2.75, 3.05) is 18.4 Å². The first kappa shape index (κ1) is 17.3. The molecule has 0 radical (unpaired) electrons. The van der Waals surface area contributed by atoms with E-state index < -0.39 is 6.09 Å². The van der Waals surface area contributed by atoms with Crippen LogP contribution in [0.5, 0.6) is 0 Å². The van der Waals surface area contributed by atoms with E-state index in [9.17, 15) is 9.59 Å². The minimum atomic E-state index is -1.04. The Morgan fingerprint density at radius 3 is 2.25 bits per heavy atom. The van der Waals surface area contributed by atoms with Crippen LogP contribution in [0.15, 0.2) is 54.6 Å². The summed E-state index contributed by atoms with van der Waals surface area (Å²) in [4.78, 5) is 22.3. The molecule has 0 fully saturated rings. The lowest BCUT2D eigenvalue weighted by Gasteiger charge is -2.09. The third-order valence-corrected chi connectivity index (χ3v) is 3.42. The molecule has 0 aliphatic rings. The molecule has 2 rings (SSSR count). The standard InChI is InChI=1S/C18H21N3O3/c22-17(19-11-9-14-5-2-1-3-6-14)21-16-8-4-7-15(13-16)10-12-20-18(23)24/h1-8,13,20H,9-12H2,(H,23,24)(H2,19,21,22). The van der Waals surface area contributed by atoms with Crippen molar-refractivity contribution in [3.63, 3.8) is 0 Å². The van der Waals surface area contributed by atoms with Gasteiger partial charge in [0, 0.05) is 18.8 Å². The molecule has 0 atom stereocenters. The van der Waals surface area contributed by atoms with Crippen molar-refractivity contribution in [1.29, 1.82) is 0 Å². The zero-order valence-electron chi connectivity index (χ0n) is 13.3. The Balaban J connectivity index is 1.75. The van der Waals surface area contributed by atoms with Crippen molar-refractivity contribution in [3.8, 4) is 0 Å². The molecule has 6 nitrogen and oxygen atoms in total. The zero-order chi connectivity index (χ0) is 17.2. The van der Waals surface area contributed by atoms with Crippen molar-refractivity contribution in [2.24, 2.45) is 0 Å². The van der Waals surface area contributed by atoms with Crippen LogP contribution in [0.25, 0.3) is 0 Å². The van der Waals surface area contributed by atoms with Gasteiger partial charge < -0.3 is 21.1 Å². The van der Waals surface area contributed by atoms with Gasteiger partial charge in [-0.15, -0.1) is 0 Å². The Hall–Kier alpha value is -3.02. The molecule has 4 N–H and O–H groups in total. The minimum Gasteiger partial charge on any atom is -0.465 e. The molecule has 0 saturated carbocycles. The summed E-state index contributed by atoms with van der Waals surface area (Å²) in [6.07, 6.45) is 0.300. The third-order valence-electron chi connectivity index (χ3n) is 3.42. The number of carboxylic acid groups (broad SMARTS) is 1. The molecule has 6 heteroatoms. The third kappa shape index (κ3) is 6.39. The zero-order valence-corrected chi connectivity index (χ0v) is 13.3. The van der Waals surface area contributed by atoms with Crippen LogP contribution in [0.3, 0.4) is 0 Å². The van der Waals surface area contributed by atoms with Crippen LogP contribution in [0.4, 0.5) is 15.3 Å². The van der Waals surface area contributed by atoms with E-state index in [1.165, 1.54) is 5.56 Å². The second-order valence-electron chi connectivity index (χ2n) is 5.30. The largest absolute Gasteiger partial charge is 0.465 e. The summed E-state index contributed by atoms with van der Waals surface area (Å²) in [5, 5.41) is 16.5. The van der Waals surface area contributed by atoms with Gasteiger partial charge in [0.25, 0.3) is 0 Å². The van der Waals surface area contributed by atoms with Crippen LogP contribution < -0.4 is 16.0 Å². The van der Waals surface area contributed by atoms with Gasteiger partial charge in [0.05, 0.1) is 0 Å². The average molecular weight is 327 g/mol. The van der Waals surface area contributed by atoms with E-state index in [2.05, 4.69) is 16.0 Å². The number of amides is 3. The Kier molecular flexibility index (Phi) is 6.64. The van der Waals surface area contributed by atoms with E-state index in [1.807, 2.05) is 48.5 Å². The molecule has 126 valence electrons. The normalized spacial score (nSPS) is 10.0. The highest BCUT2D eigenvalue weighted by molar-refractivity contribution is 5.89. The number of carbonyl (C=O) groups excluding carboxylic acids is 1. The Morgan fingerprint density at radius 1 is 0.833 bits per heavy atom. The van der Waals surface area contributed by atoms with Gasteiger partial charge in [0.15, 0.2) is 0 Å². The first-order chi connectivity index (χ1) is 11.6. The quantitative estimate of drug-likeness (QED) is 0.630. The lowest BCUT2D eigenvalue weighted by atomic mass is 10.1. The van der Waals surface area contributed by atoms with Crippen molar-refractivity contribution in [3.05, 3.63) is 65.7 Å². The van der Waals surface area contributed by atoms with Crippen molar-refractivity contribution in [2.45, 2.75) is 12.8 Å². The number of urea groups is 1. The van der Waals surface area contributed by atoms with Gasteiger partial charge in [0.2, 0.25) is 0 Å². The SMILES string of the molecule is O=C(O)NCCc1cccc(NC(=O)NCCc2ccccc2)c1. The maximum Gasteiger partial charge on any atom is 0.404 e. The van der Waals surface area contributed by atoms with Crippen LogP contribution in [-0.4, -0.2) is 30.3 Å². The van der Waals surface area contributed by atoms with Gasteiger partial charge in [-0.3, -0.25) is 0 Å². The van der Waals surface area contributed by atoms with Crippen LogP contribution >= 0.6 is 0 Å². The van der Waals surface area contributed by atoms with E-state index in [4.69, 9.17) is 5.11 Å². The molecule has 24 heavy (non-hydrogen) atoms. The van der Waals surface area contributed by atoms with Crippen molar-refractivity contribution < 1.29 is 14.7 Å². The van der Waals surface area contributed by atoms with Crippen LogP contribution in [0.2, 0.25) is 0 Å². The second kappa shape index (κ2) is 9.19. The molecule has 0 spiro atoms. The van der Waals surface area contributed by atoms with Gasteiger partial charge in [-0.05, 0) is 36.1 Å². The first-order valence-corrected chi connectivity index (χ1v) is 7.78. The van der Waals surface area contributed by atoms with Crippen LogP contribution in [0.1, 0.15) is 11.1 Å². The number of rotatable bonds is 7. The van der Waals surface area contributed by atoms with Crippen molar-refractivity contribution >= 4 is 17.8 Å². The molecule has 0 aliphatic heterocycles. The van der Waals surface area contributed by atoms with E-state index in [0.717, 1.165) is 12.0 Å². The maximum atomic E-state index is 11.9. The van der Waals surface area contributed by atoms with E-state index in [-0.39, 0.29) is 6.03 Å². The molecule has 0 aliphatic carbocycles. The van der Waals surface area contributed by atoms with Crippen molar-refractivity contribution in [1.82, 2.24) is 10.6 Å². The molecule has 0 heterocycles. The van der Waals surface area contributed by atoms with E-state index in [0.29, 0.717) is 25.2 Å². The molecular formula is C18H21N3O3.